The van der Waals surface area contributed by atoms with Gasteiger partial charge in [-0.1, -0.05) is 11.6 Å². The number of halogens is 1. The number of nitrogens with two attached hydrogens (primary N) is 1. The van der Waals surface area contributed by atoms with Crippen LogP contribution in [0, 0.1) is 5.92 Å². The van der Waals surface area contributed by atoms with Gasteiger partial charge in [-0.25, -0.2) is 0 Å². The van der Waals surface area contributed by atoms with Crippen molar-refractivity contribution < 1.29 is 4.79 Å². The summed E-state index contributed by atoms with van der Waals surface area (Å²) in [6, 6.07) is 5.95. The summed E-state index contributed by atoms with van der Waals surface area (Å²) in [6.07, 6.45) is 5.07. The summed E-state index contributed by atoms with van der Waals surface area (Å²) < 4.78 is 0. The zero-order valence-electron chi connectivity index (χ0n) is 12.1. The molecule has 0 bridgehead atoms. The maximum atomic E-state index is 11.2. The van der Waals surface area contributed by atoms with Crippen LogP contribution in [0.2, 0.25) is 5.02 Å². The first-order chi connectivity index (χ1) is 10.1. The lowest BCUT2D eigenvalue weighted by atomic mass is 10.0. The second-order valence-electron chi connectivity index (χ2n) is 6.14. The lowest BCUT2D eigenvalue weighted by molar-refractivity contribution is 0.100. The summed E-state index contributed by atoms with van der Waals surface area (Å²) in [6.45, 7) is 3.18. The highest BCUT2D eigenvalue weighted by Gasteiger charge is 2.25. The molecule has 1 saturated carbocycles. The van der Waals surface area contributed by atoms with E-state index in [4.69, 9.17) is 17.3 Å². The Labute approximate surface area is 130 Å². The van der Waals surface area contributed by atoms with E-state index < -0.39 is 5.91 Å². The van der Waals surface area contributed by atoms with Crippen LogP contribution >= 0.6 is 11.6 Å². The van der Waals surface area contributed by atoms with Gasteiger partial charge >= 0.3 is 0 Å². The average Bonchev–Trinajstić information content (AvgIpc) is 3.30. The maximum absolute atomic E-state index is 11.2. The minimum absolute atomic E-state index is 0.438. The van der Waals surface area contributed by atoms with Crippen LogP contribution in [0.4, 0.5) is 5.69 Å². The molecule has 3 N–H and O–H groups in total. The Bertz CT molecular complexity index is 522. The molecule has 0 spiro atoms. The van der Waals surface area contributed by atoms with Gasteiger partial charge < -0.3 is 16.0 Å². The molecule has 0 aromatic heterocycles. The molecule has 1 aliphatic heterocycles. The van der Waals surface area contributed by atoms with Crippen molar-refractivity contribution in [1.29, 1.82) is 0 Å². The standard InChI is InChI=1S/C16H22ClN3O/c17-14-9-12(16(18)21)3-4-15(14)20-7-5-13(6-8-20)19-10-11-1-2-11/h3-4,9,11,13,19H,1-2,5-8,10H2,(H2,18,21). The van der Waals surface area contributed by atoms with Crippen molar-refractivity contribution in [2.75, 3.05) is 24.5 Å². The van der Waals surface area contributed by atoms with Crippen LogP contribution in [0.25, 0.3) is 0 Å². The lowest BCUT2D eigenvalue weighted by Crippen LogP contribution is -2.43. The van der Waals surface area contributed by atoms with E-state index in [9.17, 15) is 4.79 Å². The highest BCUT2D eigenvalue weighted by atomic mass is 35.5. The number of hydrogen-bond acceptors (Lipinski definition) is 3. The number of piperidine rings is 1. The van der Waals surface area contributed by atoms with Crippen LogP contribution in [0.3, 0.4) is 0 Å². The Morgan fingerprint density at radius 1 is 1.29 bits per heavy atom. The fourth-order valence-electron chi connectivity index (χ4n) is 2.90. The van der Waals surface area contributed by atoms with Gasteiger partial charge in [0.05, 0.1) is 10.7 Å². The summed E-state index contributed by atoms with van der Waals surface area (Å²) in [5.74, 6) is 0.491. The molecule has 0 radical (unpaired) electrons. The van der Waals surface area contributed by atoms with Gasteiger partial charge in [-0.15, -0.1) is 0 Å². The van der Waals surface area contributed by atoms with E-state index in [1.54, 1.807) is 12.1 Å². The van der Waals surface area contributed by atoms with Crippen molar-refractivity contribution in [2.24, 2.45) is 11.7 Å². The second kappa shape index (κ2) is 6.24. The number of hydrogen-bond donors (Lipinski definition) is 2. The van der Waals surface area contributed by atoms with Crippen LogP contribution in [0.1, 0.15) is 36.0 Å². The predicted octanol–water partition coefficient (Wildman–Crippen LogP) is 2.41. The summed E-state index contributed by atoms with van der Waals surface area (Å²) >= 11 is 6.29. The normalized spacial score (nSPS) is 19.8. The summed E-state index contributed by atoms with van der Waals surface area (Å²) in [5, 5.41) is 4.28. The molecule has 1 aliphatic carbocycles. The van der Waals surface area contributed by atoms with Crippen LogP contribution in [0.15, 0.2) is 18.2 Å². The quantitative estimate of drug-likeness (QED) is 0.878. The van der Waals surface area contributed by atoms with Crippen molar-refractivity contribution in [3.8, 4) is 0 Å². The molecule has 0 unspecified atom stereocenters. The molecule has 1 aromatic rings. The fraction of sp³-hybridized carbons (Fsp3) is 0.562. The monoisotopic (exact) mass is 307 g/mol. The lowest BCUT2D eigenvalue weighted by Gasteiger charge is -2.34. The molecule has 0 atom stereocenters. The molecule has 5 heteroatoms. The van der Waals surface area contributed by atoms with Crippen LogP contribution in [-0.4, -0.2) is 31.6 Å². The third kappa shape index (κ3) is 3.69. The number of nitrogens with one attached hydrogen (secondary N) is 1. The molecule has 3 rings (SSSR count). The molecule has 2 fully saturated rings. The number of amides is 1. The molecule has 114 valence electrons. The van der Waals surface area contributed by atoms with E-state index in [2.05, 4.69) is 10.2 Å². The van der Waals surface area contributed by atoms with Gasteiger partial charge in [0.1, 0.15) is 0 Å². The molecular formula is C16H22ClN3O. The smallest absolute Gasteiger partial charge is 0.248 e. The SMILES string of the molecule is NC(=O)c1ccc(N2CCC(NCC3CC3)CC2)c(Cl)c1. The van der Waals surface area contributed by atoms with Crippen LogP contribution in [0.5, 0.6) is 0 Å². The van der Waals surface area contributed by atoms with Crippen molar-refractivity contribution in [2.45, 2.75) is 31.7 Å². The minimum atomic E-state index is -0.438. The molecule has 2 aliphatic rings. The van der Waals surface area contributed by atoms with E-state index >= 15 is 0 Å². The Morgan fingerprint density at radius 2 is 2.00 bits per heavy atom. The minimum Gasteiger partial charge on any atom is -0.370 e. The van der Waals surface area contributed by atoms with Crippen molar-refractivity contribution >= 4 is 23.2 Å². The van der Waals surface area contributed by atoms with E-state index in [1.807, 2.05) is 6.07 Å². The maximum Gasteiger partial charge on any atom is 0.248 e. The van der Waals surface area contributed by atoms with Gasteiger partial charge in [0.25, 0.3) is 0 Å². The molecule has 21 heavy (non-hydrogen) atoms. The fourth-order valence-corrected chi connectivity index (χ4v) is 3.20. The second-order valence-corrected chi connectivity index (χ2v) is 6.55. The predicted molar refractivity (Wildman–Crippen MR) is 85.9 cm³/mol. The third-order valence-corrected chi connectivity index (χ3v) is 4.76. The van der Waals surface area contributed by atoms with E-state index in [0.717, 1.165) is 37.5 Å². The van der Waals surface area contributed by atoms with Gasteiger partial charge in [-0.2, -0.15) is 0 Å². The van der Waals surface area contributed by atoms with Gasteiger partial charge in [0.15, 0.2) is 0 Å². The zero-order chi connectivity index (χ0) is 14.8. The summed E-state index contributed by atoms with van der Waals surface area (Å²) in [5.41, 5.74) is 6.74. The number of carbonyl (C=O) groups excluding carboxylic acids is 1. The van der Waals surface area contributed by atoms with E-state index in [0.29, 0.717) is 16.6 Å². The highest BCUT2D eigenvalue weighted by molar-refractivity contribution is 6.33. The number of primary amides is 1. The molecule has 1 heterocycles. The highest BCUT2D eigenvalue weighted by Crippen LogP contribution is 2.30. The first-order valence-electron chi connectivity index (χ1n) is 7.71. The number of nitrogens with zero attached hydrogens (tertiary/aromatic N) is 1. The Kier molecular flexibility index (Phi) is 4.36. The van der Waals surface area contributed by atoms with Crippen molar-refractivity contribution in [1.82, 2.24) is 5.32 Å². The topological polar surface area (TPSA) is 58.4 Å². The Morgan fingerprint density at radius 3 is 2.57 bits per heavy atom. The molecular weight excluding hydrogens is 286 g/mol. The summed E-state index contributed by atoms with van der Waals surface area (Å²) in [4.78, 5) is 13.5. The number of anilines is 1. The zero-order valence-corrected chi connectivity index (χ0v) is 12.9. The van der Waals surface area contributed by atoms with Crippen LogP contribution in [-0.2, 0) is 0 Å². The van der Waals surface area contributed by atoms with E-state index in [-0.39, 0.29) is 0 Å². The first-order valence-corrected chi connectivity index (χ1v) is 8.09. The van der Waals surface area contributed by atoms with Gasteiger partial charge in [0, 0.05) is 24.7 Å². The molecule has 1 saturated heterocycles. The van der Waals surface area contributed by atoms with E-state index in [1.165, 1.54) is 19.4 Å². The van der Waals surface area contributed by atoms with Crippen LogP contribution < -0.4 is 16.0 Å². The Hall–Kier alpha value is -1.26. The number of rotatable bonds is 5. The van der Waals surface area contributed by atoms with Crippen molar-refractivity contribution in [3.05, 3.63) is 28.8 Å². The molecule has 1 amide bonds. The Balaban J connectivity index is 1.57. The number of carbonyl (C=O) groups is 1. The van der Waals surface area contributed by atoms with Gasteiger partial charge in [-0.3, -0.25) is 4.79 Å². The average molecular weight is 308 g/mol. The van der Waals surface area contributed by atoms with Gasteiger partial charge in [-0.05, 0) is 56.3 Å². The molecule has 4 nitrogen and oxygen atoms in total. The number of benzene rings is 1. The van der Waals surface area contributed by atoms with Gasteiger partial charge in [0.2, 0.25) is 5.91 Å². The third-order valence-electron chi connectivity index (χ3n) is 4.46. The largest absolute Gasteiger partial charge is 0.370 e. The molecule has 1 aromatic carbocycles. The summed E-state index contributed by atoms with van der Waals surface area (Å²) in [7, 11) is 0. The van der Waals surface area contributed by atoms with Crippen molar-refractivity contribution in [3.63, 3.8) is 0 Å². The first kappa shape index (κ1) is 14.7.